The summed E-state index contributed by atoms with van der Waals surface area (Å²) in [6.07, 6.45) is 0. The number of furan rings is 1. The van der Waals surface area contributed by atoms with Crippen LogP contribution in [-0.2, 0) is 0 Å². The standard InChI is InChI=1S/C49H28N2O2/c52-49-39-17-2-1-13-34(39)41-27-31(28-42-36-15-4-7-21-44(36)51(49)47(41)42)29-11-9-12-32(25-29)50-43-20-6-3-14-35(43)40-26-30(23-24-45(40)50)33-18-10-19-38-37-16-5-8-22-46(37)53-48(33)38/h1-28H. The molecule has 0 radical (unpaired) electrons. The molecule has 4 aromatic heterocycles. The van der Waals surface area contributed by atoms with Gasteiger partial charge in [-0.15, -0.1) is 0 Å². The Morgan fingerprint density at radius 1 is 0.396 bits per heavy atom. The quantitative estimate of drug-likeness (QED) is 0.175. The van der Waals surface area contributed by atoms with Crippen molar-refractivity contribution in [2.24, 2.45) is 0 Å². The monoisotopic (exact) mass is 676 g/mol. The van der Waals surface area contributed by atoms with Crippen molar-refractivity contribution < 1.29 is 4.42 Å². The number of hydrogen-bond acceptors (Lipinski definition) is 2. The van der Waals surface area contributed by atoms with Crippen molar-refractivity contribution in [1.82, 2.24) is 8.97 Å². The smallest absolute Gasteiger partial charge is 0.263 e. The van der Waals surface area contributed by atoms with E-state index in [4.69, 9.17) is 4.42 Å². The Hall–Kier alpha value is -7.17. The largest absolute Gasteiger partial charge is 0.455 e. The zero-order valence-corrected chi connectivity index (χ0v) is 28.4. The molecule has 0 aliphatic carbocycles. The summed E-state index contributed by atoms with van der Waals surface area (Å²) in [5.74, 6) is 0. The predicted molar refractivity (Wildman–Crippen MR) is 220 cm³/mol. The Bertz CT molecular complexity index is 3550. The summed E-state index contributed by atoms with van der Waals surface area (Å²) in [5.41, 5.74) is 11.6. The summed E-state index contributed by atoms with van der Waals surface area (Å²) in [7, 11) is 0. The number of para-hydroxylation sites is 4. The molecular formula is C49H28N2O2. The van der Waals surface area contributed by atoms with Gasteiger partial charge in [-0.05, 0) is 82.7 Å². The van der Waals surface area contributed by atoms with Gasteiger partial charge in [0.25, 0.3) is 5.56 Å². The molecule has 0 aliphatic rings. The Kier molecular flexibility index (Phi) is 5.62. The molecule has 0 atom stereocenters. The summed E-state index contributed by atoms with van der Waals surface area (Å²) >= 11 is 0. The van der Waals surface area contributed by atoms with Crippen LogP contribution in [0.3, 0.4) is 0 Å². The van der Waals surface area contributed by atoms with Gasteiger partial charge in [0.1, 0.15) is 11.2 Å². The van der Waals surface area contributed by atoms with Crippen LogP contribution >= 0.6 is 0 Å². The first-order chi connectivity index (χ1) is 26.2. The van der Waals surface area contributed by atoms with E-state index in [1.165, 1.54) is 10.8 Å². The first-order valence-corrected chi connectivity index (χ1v) is 18.0. The second kappa shape index (κ2) is 10.4. The molecule has 8 aromatic carbocycles. The van der Waals surface area contributed by atoms with Crippen molar-refractivity contribution in [3.63, 3.8) is 0 Å². The highest BCUT2D eigenvalue weighted by atomic mass is 16.3. The summed E-state index contributed by atoms with van der Waals surface area (Å²) in [6, 6.07) is 59.7. The molecule has 0 bridgehead atoms. The van der Waals surface area contributed by atoms with E-state index in [2.05, 4.69) is 138 Å². The molecule has 0 saturated heterocycles. The predicted octanol–water partition coefficient (Wildman–Crippen LogP) is 12.5. The molecule has 12 rings (SSSR count). The maximum Gasteiger partial charge on any atom is 0.263 e. The van der Waals surface area contributed by atoms with Crippen LogP contribution in [0.2, 0.25) is 0 Å². The van der Waals surface area contributed by atoms with Gasteiger partial charge in [-0.2, -0.15) is 0 Å². The molecule has 0 spiro atoms. The van der Waals surface area contributed by atoms with Crippen molar-refractivity contribution in [3.8, 4) is 27.9 Å². The third-order valence-corrected chi connectivity index (χ3v) is 11.2. The molecule has 12 aromatic rings. The summed E-state index contributed by atoms with van der Waals surface area (Å²) < 4.78 is 10.7. The fraction of sp³-hybridized carbons (Fsp3) is 0. The lowest BCUT2D eigenvalue weighted by molar-refractivity contribution is 0.670. The maximum atomic E-state index is 13.9. The van der Waals surface area contributed by atoms with Crippen LogP contribution in [0.5, 0.6) is 0 Å². The lowest BCUT2D eigenvalue weighted by Crippen LogP contribution is -2.12. The van der Waals surface area contributed by atoms with Crippen LogP contribution in [0.1, 0.15) is 0 Å². The van der Waals surface area contributed by atoms with Crippen molar-refractivity contribution in [3.05, 3.63) is 180 Å². The van der Waals surface area contributed by atoms with Gasteiger partial charge < -0.3 is 8.98 Å². The van der Waals surface area contributed by atoms with Gasteiger partial charge in [0.2, 0.25) is 0 Å². The fourth-order valence-corrected chi connectivity index (χ4v) is 8.92. The number of pyridine rings is 1. The summed E-state index contributed by atoms with van der Waals surface area (Å²) in [4.78, 5) is 13.9. The summed E-state index contributed by atoms with van der Waals surface area (Å²) in [5, 5.41) is 9.62. The molecule has 0 N–H and O–H groups in total. The molecule has 246 valence electrons. The van der Waals surface area contributed by atoms with E-state index in [1.807, 2.05) is 40.8 Å². The minimum absolute atomic E-state index is 0.0258. The molecule has 53 heavy (non-hydrogen) atoms. The molecule has 0 fully saturated rings. The topological polar surface area (TPSA) is 39.5 Å². The zero-order chi connectivity index (χ0) is 34.8. The number of benzene rings is 8. The number of aromatic nitrogens is 2. The first kappa shape index (κ1) is 28.5. The van der Waals surface area contributed by atoms with Crippen LogP contribution < -0.4 is 5.56 Å². The fourth-order valence-electron chi connectivity index (χ4n) is 8.92. The van der Waals surface area contributed by atoms with E-state index in [0.717, 1.165) is 98.9 Å². The Morgan fingerprint density at radius 2 is 1.02 bits per heavy atom. The molecule has 0 amide bonds. The van der Waals surface area contributed by atoms with E-state index < -0.39 is 0 Å². The lowest BCUT2D eigenvalue weighted by Gasteiger charge is -2.12. The van der Waals surface area contributed by atoms with Gasteiger partial charge in [-0.1, -0.05) is 109 Å². The molecular weight excluding hydrogens is 649 g/mol. The highest BCUT2D eigenvalue weighted by molar-refractivity contribution is 6.21. The maximum absolute atomic E-state index is 13.9. The van der Waals surface area contributed by atoms with Crippen molar-refractivity contribution in [2.75, 3.05) is 0 Å². The molecule has 0 aliphatic heterocycles. The Balaban J connectivity index is 1.07. The first-order valence-electron chi connectivity index (χ1n) is 18.0. The van der Waals surface area contributed by atoms with Gasteiger partial charge in [-0.3, -0.25) is 9.20 Å². The molecule has 4 heterocycles. The Labute approximate surface area is 302 Å². The molecule has 0 saturated carbocycles. The van der Waals surface area contributed by atoms with Crippen molar-refractivity contribution in [2.45, 2.75) is 0 Å². The highest BCUT2D eigenvalue weighted by Gasteiger charge is 2.20. The minimum Gasteiger partial charge on any atom is -0.455 e. The third kappa shape index (κ3) is 3.87. The average Bonchev–Trinajstić information content (AvgIpc) is 3.88. The van der Waals surface area contributed by atoms with Gasteiger partial charge >= 0.3 is 0 Å². The molecule has 4 heteroatoms. The number of nitrogens with zero attached hydrogens (tertiary/aromatic N) is 2. The van der Waals surface area contributed by atoms with Crippen molar-refractivity contribution >= 4 is 81.7 Å². The number of hydrogen-bond donors (Lipinski definition) is 0. The van der Waals surface area contributed by atoms with Gasteiger partial charge in [0, 0.05) is 54.3 Å². The molecule has 0 unspecified atom stereocenters. The second-order valence-electron chi connectivity index (χ2n) is 14.0. The van der Waals surface area contributed by atoms with Crippen LogP contribution in [-0.4, -0.2) is 8.97 Å². The summed E-state index contributed by atoms with van der Waals surface area (Å²) in [6.45, 7) is 0. The lowest BCUT2D eigenvalue weighted by atomic mass is 9.97. The zero-order valence-electron chi connectivity index (χ0n) is 28.4. The van der Waals surface area contributed by atoms with Crippen LogP contribution in [0.15, 0.2) is 179 Å². The SMILES string of the molecule is O=c1c2ccccc2c2cc(-c3cccc(-n4c5ccccc5c5cc(-c6cccc7c6oc6ccccc67)ccc54)c3)cc3c4ccccc4n1c23. The van der Waals surface area contributed by atoms with Gasteiger partial charge in [0.15, 0.2) is 0 Å². The molecule has 4 nitrogen and oxygen atoms in total. The van der Waals surface area contributed by atoms with E-state index >= 15 is 0 Å². The van der Waals surface area contributed by atoms with E-state index in [1.54, 1.807) is 0 Å². The second-order valence-corrected chi connectivity index (χ2v) is 14.0. The van der Waals surface area contributed by atoms with Crippen LogP contribution in [0.25, 0.3) is 110 Å². The number of rotatable bonds is 3. The van der Waals surface area contributed by atoms with E-state index in [9.17, 15) is 4.79 Å². The van der Waals surface area contributed by atoms with Gasteiger partial charge in [-0.25, -0.2) is 0 Å². The van der Waals surface area contributed by atoms with E-state index in [-0.39, 0.29) is 5.56 Å². The van der Waals surface area contributed by atoms with Crippen LogP contribution in [0.4, 0.5) is 0 Å². The normalized spacial score (nSPS) is 12.2. The highest BCUT2D eigenvalue weighted by Crippen LogP contribution is 2.41. The van der Waals surface area contributed by atoms with Crippen LogP contribution in [0, 0.1) is 0 Å². The minimum atomic E-state index is 0.0258. The van der Waals surface area contributed by atoms with Gasteiger partial charge in [0.05, 0.1) is 22.1 Å². The Morgan fingerprint density at radius 3 is 1.87 bits per heavy atom. The third-order valence-electron chi connectivity index (χ3n) is 11.2. The van der Waals surface area contributed by atoms with Crippen molar-refractivity contribution in [1.29, 1.82) is 0 Å². The number of fused-ring (bicyclic) bond motifs is 11. The van der Waals surface area contributed by atoms with E-state index in [0.29, 0.717) is 0 Å². The average molecular weight is 677 g/mol.